The molecule has 0 bridgehead atoms. The lowest BCUT2D eigenvalue weighted by molar-refractivity contribution is -0.141. The van der Waals surface area contributed by atoms with Gasteiger partial charge in [0.25, 0.3) is 5.91 Å². The number of rotatable bonds is 5. The Bertz CT molecular complexity index is 1560. The summed E-state index contributed by atoms with van der Waals surface area (Å²) < 4.78 is 41.3. The van der Waals surface area contributed by atoms with E-state index in [9.17, 15) is 27.9 Å². The number of nitrogen functional groups attached to an aromatic ring is 1. The molecule has 3 aromatic rings. The lowest BCUT2D eigenvalue weighted by atomic mass is 9.94. The molecular formula is C29H29F3N6O3. The van der Waals surface area contributed by atoms with E-state index in [2.05, 4.69) is 17.6 Å². The molecule has 0 saturated heterocycles. The Morgan fingerprint density at radius 3 is 2.61 bits per heavy atom. The normalized spacial score (nSPS) is 18.6. The fourth-order valence-electron chi connectivity index (χ4n) is 5.93. The van der Waals surface area contributed by atoms with Gasteiger partial charge in [-0.05, 0) is 42.5 Å². The summed E-state index contributed by atoms with van der Waals surface area (Å²) >= 11 is 0. The molecule has 0 radical (unpaired) electrons. The molecule has 12 heteroatoms. The number of halogens is 3. The number of hydrogen-bond donors (Lipinski definition) is 2. The molecular weight excluding hydrogens is 537 g/mol. The predicted octanol–water partition coefficient (Wildman–Crippen LogP) is 3.55. The molecule has 0 unspecified atom stereocenters. The number of benzene rings is 1. The molecule has 1 saturated carbocycles. The molecule has 214 valence electrons. The van der Waals surface area contributed by atoms with Gasteiger partial charge in [0.05, 0.1) is 35.3 Å². The highest BCUT2D eigenvalue weighted by Gasteiger charge is 2.41. The zero-order valence-electron chi connectivity index (χ0n) is 22.2. The number of nitrogens with zero attached hydrogens (tertiary/aromatic N) is 5. The van der Waals surface area contributed by atoms with Crippen LogP contribution in [0.4, 0.5) is 18.9 Å². The molecule has 1 fully saturated rings. The van der Waals surface area contributed by atoms with E-state index in [0.29, 0.717) is 31.4 Å². The second kappa shape index (κ2) is 10.0. The van der Waals surface area contributed by atoms with Crippen molar-refractivity contribution in [1.29, 1.82) is 0 Å². The Balaban J connectivity index is 1.42. The van der Waals surface area contributed by atoms with Crippen LogP contribution in [0, 0.1) is 0 Å². The first-order valence-electron chi connectivity index (χ1n) is 13.5. The summed E-state index contributed by atoms with van der Waals surface area (Å²) in [6.07, 6.45) is 0.488. The molecule has 1 aliphatic carbocycles. The molecule has 1 aromatic carbocycles. The summed E-state index contributed by atoms with van der Waals surface area (Å²) in [5.41, 5.74) is 9.38. The topological polar surface area (TPSA) is 118 Å². The van der Waals surface area contributed by atoms with Gasteiger partial charge in [-0.3, -0.25) is 14.6 Å². The van der Waals surface area contributed by atoms with Crippen molar-refractivity contribution in [3.8, 4) is 5.69 Å². The zero-order chi connectivity index (χ0) is 29.1. The highest BCUT2D eigenvalue weighted by molar-refractivity contribution is 5.99. The molecule has 2 amide bonds. The average Bonchev–Trinajstić information content (AvgIpc) is 3.77. The van der Waals surface area contributed by atoms with Crippen LogP contribution in [0.3, 0.4) is 0 Å². The molecule has 2 aliphatic heterocycles. The quantitative estimate of drug-likeness (QED) is 0.457. The molecule has 1 atom stereocenters. The van der Waals surface area contributed by atoms with Gasteiger partial charge in [-0.2, -0.15) is 18.3 Å². The van der Waals surface area contributed by atoms with Gasteiger partial charge in [-0.25, -0.2) is 4.68 Å². The maximum absolute atomic E-state index is 13.8. The van der Waals surface area contributed by atoms with Gasteiger partial charge in [-0.1, -0.05) is 18.7 Å². The first-order chi connectivity index (χ1) is 19.6. The van der Waals surface area contributed by atoms with Crippen molar-refractivity contribution in [3.05, 3.63) is 82.5 Å². The van der Waals surface area contributed by atoms with Crippen molar-refractivity contribution < 1.29 is 27.9 Å². The maximum Gasteiger partial charge on any atom is 0.433 e. The van der Waals surface area contributed by atoms with Crippen LogP contribution in [-0.2, 0) is 30.4 Å². The van der Waals surface area contributed by atoms with E-state index in [0.717, 1.165) is 47.2 Å². The third-order valence-corrected chi connectivity index (χ3v) is 8.16. The highest BCUT2D eigenvalue weighted by Crippen LogP contribution is 2.42. The van der Waals surface area contributed by atoms with E-state index < -0.39 is 23.8 Å². The average molecular weight is 567 g/mol. The summed E-state index contributed by atoms with van der Waals surface area (Å²) in [4.78, 5) is 33.0. The number of pyridine rings is 1. The molecule has 6 rings (SSSR count). The van der Waals surface area contributed by atoms with Crippen LogP contribution in [0.5, 0.6) is 0 Å². The van der Waals surface area contributed by atoms with Gasteiger partial charge < -0.3 is 20.6 Å². The van der Waals surface area contributed by atoms with Crippen LogP contribution in [-0.4, -0.2) is 61.1 Å². The Morgan fingerprint density at radius 1 is 1.17 bits per heavy atom. The van der Waals surface area contributed by atoms with E-state index in [1.165, 1.54) is 16.5 Å². The van der Waals surface area contributed by atoms with Gasteiger partial charge in [0.1, 0.15) is 5.69 Å². The minimum Gasteiger partial charge on any atom is -0.398 e. The largest absolute Gasteiger partial charge is 0.433 e. The Labute approximate surface area is 234 Å². The number of carbonyl (C=O) groups excluding carboxylic acids is 2. The van der Waals surface area contributed by atoms with Crippen LogP contribution in [0.2, 0.25) is 0 Å². The second-order valence-electron chi connectivity index (χ2n) is 10.7. The number of anilines is 1. The van der Waals surface area contributed by atoms with E-state index in [1.807, 2.05) is 16.8 Å². The van der Waals surface area contributed by atoms with E-state index in [1.54, 1.807) is 4.90 Å². The number of aliphatic hydroxyl groups excluding tert-OH is 1. The van der Waals surface area contributed by atoms with Crippen LogP contribution in [0.25, 0.3) is 5.69 Å². The Kier molecular flexibility index (Phi) is 6.60. The number of amides is 2. The van der Waals surface area contributed by atoms with Crippen molar-refractivity contribution in [1.82, 2.24) is 24.6 Å². The van der Waals surface area contributed by atoms with Gasteiger partial charge in [0, 0.05) is 55.5 Å². The monoisotopic (exact) mass is 566 g/mol. The third-order valence-electron chi connectivity index (χ3n) is 8.16. The number of aromatic nitrogens is 3. The summed E-state index contributed by atoms with van der Waals surface area (Å²) in [7, 11) is 0. The van der Waals surface area contributed by atoms with Crippen molar-refractivity contribution in [2.75, 3.05) is 25.4 Å². The standard InChI is InChI=1S/C29H29F3N6O3/c1-2-26(40)36-9-7-21-27-23(38(35-21)22-6-5-17(16-3-4-16)11-18(22)15-39)8-10-37(24(27)14-36)28(41)19-13-34-25(12-20(19)33)29(30,31)32/h2,5-6,11-13,16,24,39H,1,3-4,7-10,14-15H2,(H2,33,34)/t24-/m0/s1. The Morgan fingerprint density at radius 2 is 1.95 bits per heavy atom. The van der Waals surface area contributed by atoms with Crippen LogP contribution in [0.1, 0.15) is 68.9 Å². The molecule has 3 aliphatic rings. The third kappa shape index (κ3) is 4.75. The number of carbonyl (C=O) groups is 2. The first-order valence-corrected chi connectivity index (χ1v) is 13.5. The fraction of sp³-hybridized carbons (Fsp3) is 0.379. The van der Waals surface area contributed by atoms with E-state index >= 15 is 0 Å². The highest BCUT2D eigenvalue weighted by atomic mass is 19.4. The number of aliphatic hydroxyl groups is 1. The lowest BCUT2D eigenvalue weighted by Gasteiger charge is -2.38. The number of alkyl halides is 3. The van der Waals surface area contributed by atoms with Gasteiger partial charge in [0.15, 0.2) is 0 Å². The van der Waals surface area contributed by atoms with Crippen LogP contribution < -0.4 is 5.73 Å². The number of nitrogens with two attached hydrogens (primary N) is 1. The smallest absolute Gasteiger partial charge is 0.398 e. The summed E-state index contributed by atoms with van der Waals surface area (Å²) in [5.74, 6) is -0.348. The van der Waals surface area contributed by atoms with Gasteiger partial charge >= 0.3 is 6.18 Å². The molecule has 2 aromatic heterocycles. The molecule has 4 heterocycles. The molecule has 3 N–H and O–H groups in total. The van der Waals surface area contributed by atoms with E-state index in [4.69, 9.17) is 10.8 Å². The van der Waals surface area contributed by atoms with Gasteiger partial charge in [0.2, 0.25) is 5.91 Å². The Hall–Kier alpha value is -4.19. The van der Waals surface area contributed by atoms with E-state index in [-0.39, 0.29) is 36.9 Å². The lowest BCUT2D eigenvalue weighted by Crippen LogP contribution is -2.46. The van der Waals surface area contributed by atoms with Crippen LogP contribution in [0.15, 0.2) is 43.1 Å². The first kappa shape index (κ1) is 27.0. The molecule has 9 nitrogen and oxygen atoms in total. The molecule has 41 heavy (non-hydrogen) atoms. The minimum atomic E-state index is -4.70. The number of hydrogen-bond acceptors (Lipinski definition) is 6. The SMILES string of the molecule is C=CC(=O)N1CCc2nn(-c3ccc(C4CC4)cc3CO)c3c2[C@H](C1)N(C(=O)c1cnc(C(F)(F)F)cc1N)CC3. The molecule has 0 spiro atoms. The van der Waals surface area contributed by atoms with Gasteiger partial charge in [-0.15, -0.1) is 0 Å². The maximum atomic E-state index is 13.8. The predicted molar refractivity (Wildman–Crippen MR) is 143 cm³/mol. The van der Waals surface area contributed by atoms with Crippen molar-refractivity contribution >= 4 is 17.5 Å². The van der Waals surface area contributed by atoms with Crippen molar-refractivity contribution in [3.63, 3.8) is 0 Å². The second-order valence-corrected chi connectivity index (χ2v) is 10.7. The zero-order valence-corrected chi connectivity index (χ0v) is 22.2. The summed E-state index contributed by atoms with van der Waals surface area (Å²) in [6.45, 7) is 4.16. The van der Waals surface area contributed by atoms with Crippen molar-refractivity contribution in [2.24, 2.45) is 0 Å². The summed E-state index contributed by atoms with van der Waals surface area (Å²) in [5, 5.41) is 15.1. The minimum absolute atomic E-state index is 0.139. The summed E-state index contributed by atoms with van der Waals surface area (Å²) in [6, 6.07) is 6.09. The fourth-order valence-corrected chi connectivity index (χ4v) is 5.93. The van der Waals surface area contributed by atoms with Crippen molar-refractivity contribution in [2.45, 2.75) is 50.4 Å². The van der Waals surface area contributed by atoms with Crippen LogP contribution >= 0.6 is 0 Å².